The van der Waals surface area contributed by atoms with Crippen LogP contribution in [0.1, 0.15) is 59.2 Å². The van der Waals surface area contributed by atoms with Gasteiger partial charge in [-0.15, -0.1) is 0 Å². The Bertz CT molecular complexity index is 803. The highest BCUT2D eigenvalue weighted by molar-refractivity contribution is 6.21. The first-order valence-corrected chi connectivity index (χ1v) is 9.78. The number of nitrogens with zero attached hydrogens (tertiary/aromatic N) is 2. The Labute approximate surface area is 168 Å². The van der Waals surface area contributed by atoms with Crippen LogP contribution in [0.2, 0.25) is 0 Å². The van der Waals surface area contributed by atoms with Crippen LogP contribution in [0, 0.1) is 0 Å². The molecule has 0 saturated carbocycles. The third kappa shape index (κ3) is 4.98. The van der Waals surface area contributed by atoms with Crippen molar-refractivity contribution in [2.24, 2.45) is 0 Å². The van der Waals surface area contributed by atoms with Gasteiger partial charge in [-0.3, -0.25) is 39.7 Å². The van der Waals surface area contributed by atoms with E-state index in [2.05, 4.69) is 10.9 Å². The SMILES string of the molecule is O=C(CCCN1C(=O)c2ccccc2C1=O)NNC(=O)CN1CCCCCC1=O. The van der Waals surface area contributed by atoms with Crippen LogP contribution in [0.3, 0.4) is 0 Å². The Balaban J connectivity index is 1.37. The van der Waals surface area contributed by atoms with Crippen molar-refractivity contribution in [2.45, 2.75) is 38.5 Å². The number of imide groups is 1. The number of hydrazine groups is 1. The van der Waals surface area contributed by atoms with Gasteiger partial charge in [-0.1, -0.05) is 18.6 Å². The normalized spacial score (nSPS) is 16.5. The zero-order valence-corrected chi connectivity index (χ0v) is 16.1. The minimum atomic E-state index is -0.464. The lowest BCUT2D eigenvalue weighted by Crippen LogP contribution is -2.47. The van der Waals surface area contributed by atoms with Crippen molar-refractivity contribution >= 4 is 29.5 Å². The van der Waals surface area contributed by atoms with Gasteiger partial charge in [-0.2, -0.15) is 0 Å². The molecule has 1 aromatic carbocycles. The van der Waals surface area contributed by atoms with Crippen LogP contribution < -0.4 is 10.9 Å². The van der Waals surface area contributed by atoms with Crippen molar-refractivity contribution in [1.29, 1.82) is 0 Å². The fourth-order valence-electron chi connectivity index (χ4n) is 3.46. The van der Waals surface area contributed by atoms with Crippen LogP contribution in [0.5, 0.6) is 0 Å². The monoisotopic (exact) mass is 400 g/mol. The molecule has 0 aliphatic carbocycles. The fraction of sp³-hybridized carbons (Fsp3) is 0.450. The smallest absolute Gasteiger partial charge is 0.261 e. The lowest BCUT2D eigenvalue weighted by atomic mass is 10.1. The molecule has 9 nitrogen and oxygen atoms in total. The lowest BCUT2D eigenvalue weighted by molar-refractivity contribution is -0.136. The van der Waals surface area contributed by atoms with Crippen molar-refractivity contribution in [2.75, 3.05) is 19.6 Å². The van der Waals surface area contributed by atoms with Gasteiger partial charge in [0.15, 0.2) is 0 Å². The first kappa shape index (κ1) is 20.5. The third-order valence-corrected chi connectivity index (χ3v) is 5.01. The maximum absolute atomic E-state index is 12.3. The molecule has 2 aliphatic rings. The fourth-order valence-corrected chi connectivity index (χ4v) is 3.46. The Morgan fingerprint density at radius 3 is 2.24 bits per heavy atom. The van der Waals surface area contributed by atoms with Gasteiger partial charge in [0.1, 0.15) is 6.54 Å². The Morgan fingerprint density at radius 2 is 1.55 bits per heavy atom. The maximum atomic E-state index is 12.3. The van der Waals surface area contributed by atoms with Gasteiger partial charge in [0.2, 0.25) is 11.8 Å². The Morgan fingerprint density at radius 1 is 0.897 bits per heavy atom. The summed E-state index contributed by atoms with van der Waals surface area (Å²) in [5, 5.41) is 0. The Kier molecular flexibility index (Phi) is 6.58. The number of carbonyl (C=O) groups is 5. The van der Waals surface area contributed by atoms with Crippen LogP contribution >= 0.6 is 0 Å². The van der Waals surface area contributed by atoms with E-state index in [1.165, 1.54) is 4.90 Å². The number of rotatable bonds is 6. The molecule has 9 heteroatoms. The van der Waals surface area contributed by atoms with E-state index in [1.54, 1.807) is 24.3 Å². The van der Waals surface area contributed by atoms with Crippen LogP contribution in [0.15, 0.2) is 24.3 Å². The minimum absolute atomic E-state index is 0.0380. The number of nitrogens with one attached hydrogen (secondary N) is 2. The predicted octanol–water partition coefficient (Wildman–Crippen LogP) is 0.613. The second-order valence-electron chi connectivity index (χ2n) is 7.13. The van der Waals surface area contributed by atoms with E-state index in [4.69, 9.17) is 0 Å². The second kappa shape index (κ2) is 9.31. The van der Waals surface area contributed by atoms with E-state index >= 15 is 0 Å². The first-order chi connectivity index (χ1) is 14.0. The highest BCUT2D eigenvalue weighted by Gasteiger charge is 2.34. The average molecular weight is 400 g/mol. The number of fused-ring (bicyclic) bond motifs is 1. The summed E-state index contributed by atoms with van der Waals surface area (Å²) in [6.07, 6.45) is 3.42. The third-order valence-electron chi connectivity index (χ3n) is 5.01. The largest absolute Gasteiger partial charge is 0.333 e. The van der Waals surface area contributed by atoms with Crippen LogP contribution in [-0.4, -0.2) is 59.0 Å². The summed E-state index contributed by atoms with van der Waals surface area (Å²) in [5.74, 6) is -1.67. The van der Waals surface area contributed by atoms with E-state index in [-0.39, 0.29) is 43.7 Å². The molecule has 29 heavy (non-hydrogen) atoms. The number of benzene rings is 1. The van der Waals surface area contributed by atoms with Crippen molar-refractivity contribution in [3.05, 3.63) is 35.4 Å². The number of likely N-dealkylation sites (tertiary alicyclic amines) is 1. The standard InChI is InChI=1S/C20H24N4O5/c25-16(21-22-17(26)13-23-11-5-1-2-10-18(23)27)9-6-12-24-19(28)14-7-3-4-8-15(14)20(24)29/h3-4,7-8H,1-2,5-6,9-13H2,(H,21,25)(H,22,26). The molecule has 154 valence electrons. The quantitative estimate of drug-likeness (QED) is 0.536. The van der Waals surface area contributed by atoms with Crippen molar-refractivity contribution in [1.82, 2.24) is 20.7 Å². The summed E-state index contributed by atoms with van der Waals surface area (Å²) in [6, 6.07) is 6.60. The molecule has 1 aromatic rings. The average Bonchev–Trinajstić information content (AvgIpc) is 2.84. The molecule has 2 N–H and O–H groups in total. The molecule has 1 fully saturated rings. The van der Waals surface area contributed by atoms with Crippen molar-refractivity contribution < 1.29 is 24.0 Å². The van der Waals surface area contributed by atoms with E-state index < -0.39 is 11.8 Å². The topological polar surface area (TPSA) is 116 Å². The van der Waals surface area contributed by atoms with Crippen molar-refractivity contribution in [3.63, 3.8) is 0 Å². The van der Waals surface area contributed by atoms with E-state index in [0.717, 1.165) is 24.2 Å². The number of amides is 5. The molecule has 0 radical (unpaired) electrons. The number of hydrogen-bond acceptors (Lipinski definition) is 5. The molecule has 0 unspecified atom stereocenters. The number of hydrogen-bond donors (Lipinski definition) is 2. The molecule has 1 saturated heterocycles. The van der Waals surface area contributed by atoms with Crippen LogP contribution in [-0.2, 0) is 14.4 Å². The van der Waals surface area contributed by atoms with Gasteiger partial charge in [0.25, 0.3) is 17.7 Å². The summed E-state index contributed by atoms with van der Waals surface area (Å²) in [5.41, 5.74) is 5.35. The van der Waals surface area contributed by atoms with Crippen LogP contribution in [0.4, 0.5) is 0 Å². The first-order valence-electron chi connectivity index (χ1n) is 9.78. The second-order valence-corrected chi connectivity index (χ2v) is 7.13. The molecular weight excluding hydrogens is 376 g/mol. The molecule has 2 aliphatic heterocycles. The highest BCUT2D eigenvalue weighted by Crippen LogP contribution is 2.22. The van der Waals surface area contributed by atoms with Crippen LogP contribution in [0.25, 0.3) is 0 Å². The van der Waals surface area contributed by atoms with Gasteiger partial charge in [0, 0.05) is 25.9 Å². The van der Waals surface area contributed by atoms with E-state index in [1.807, 2.05) is 0 Å². The molecule has 5 amide bonds. The lowest BCUT2D eigenvalue weighted by Gasteiger charge is -2.19. The highest BCUT2D eigenvalue weighted by atomic mass is 16.2. The minimum Gasteiger partial charge on any atom is -0.333 e. The molecule has 3 rings (SSSR count). The summed E-state index contributed by atoms with van der Waals surface area (Å²) >= 11 is 0. The summed E-state index contributed by atoms with van der Waals surface area (Å²) in [6.45, 7) is 0.574. The molecule has 0 spiro atoms. The zero-order valence-electron chi connectivity index (χ0n) is 16.1. The zero-order chi connectivity index (χ0) is 20.8. The predicted molar refractivity (Wildman–Crippen MR) is 102 cm³/mol. The summed E-state index contributed by atoms with van der Waals surface area (Å²) in [7, 11) is 0. The van der Waals surface area contributed by atoms with Gasteiger partial charge in [0.05, 0.1) is 11.1 Å². The van der Waals surface area contributed by atoms with Gasteiger partial charge < -0.3 is 4.90 Å². The van der Waals surface area contributed by atoms with E-state index in [9.17, 15) is 24.0 Å². The molecular formula is C20H24N4O5. The molecule has 2 heterocycles. The van der Waals surface area contributed by atoms with Crippen molar-refractivity contribution in [3.8, 4) is 0 Å². The van der Waals surface area contributed by atoms with Gasteiger partial charge >= 0.3 is 0 Å². The number of carbonyl (C=O) groups excluding carboxylic acids is 5. The van der Waals surface area contributed by atoms with E-state index in [0.29, 0.717) is 24.1 Å². The summed E-state index contributed by atoms with van der Waals surface area (Å²) < 4.78 is 0. The molecule has 0 atom stereocenters. The summed E-state index contributed by atoms with van der Waals surface area (Å²) in [4.78, 5) is 62.9. The molecule has 0 bridgehead atoms. The molecule has 0 aromatic heterocycles. The Hall–Kier alpha value is -3.23. The van der Waals surface area contributed by atoms with Gasteiger partial charge in [-0.05, 0) is 31.4 Å². The maximum Gasteiger partial charge on any atom is 0.261 e. The van der Waals surface area contributed by atoms with Gasteiger partial charge in [-0.25, -0.2) is 0 Å².